The van der Waals surface area contributed by atoms with Gasteiger partial charge in [-0.25, -0.2) is 0 Å². The molecule has 0 aliphatic carbocycles. The topological polar surface area (TPSA) is 25.8 Å². The normalized spacial score (nSPS) is 15.4. The molecule has 0 spiro atoms. The molecule has 0 saturated heterocycles. The van der Waals surface area contributed by atoms with Crippen molar-refractivity contribution in [1.82, 2.24) is 9.97 Å². The second-order valence-electron chi connectivity index (χ2n) is 3.22. The SMILES string of the molecule is CCC(c1nccnc1C)C(C)Br. The number of hydrogen-bond donors (Lipinski definition) is 0. The van der Waals surface area contributed by atoms with Gasteiger partial charge in [0.1, 0.15) is 0 Å². The zero-order valence-corrected chi connectivity index (χ0v) is 9.87. The summed E-state index contributed by atoms with van der Waals surface area (Å²) in [6.07, 6.45) is 4.59. The molecular weight excluding hydrogens is 228 g/mol. The Morgan fingerprint density at radius 1 is 1.38 bits per heavy atom. The van der Waals surface area contributed by atoms with Crippen LogP contribution in [0.4, 0.5) is 0 Å². The average molecular weight is 243 g/mol. The predicted octanol–water partition coefficient (Wildman–Crippen LogP) is 3.06. The van der Waals surface area contributed by atoms with E-state index < -0.39 is 0 Å². The van der Waals surface area contributed by atoms with Gasteiger partial charge in [-0.05, 0) is 13.3 Å². The largest absolute Gasteiger partial charge is 0.258 e. The summed E-state index contributed by atoms with van der Waals surface area (Å²) in [6.45, 7) is 6.35. The Balaban J connectivity index is 2.97. The number of halogens is 1. The van der Waals surface area contributed by atoms with Gasteiger partial charge in [0.05, 0.1) is 11.4 Å². The van der Waals surface area contributed by atoms with Gasteiger partial charge in [0.25, 0.3) is 0 Å². The quantitative estimate of drug-likeness (QED) is 0.762. The van der Waals surface area contributed by atoms with Crippen LogP contribution in [-0.2, 0) is 0 Å². The van der Waals surface area contributed by atoms with Crippen LogP contribution in [0.2, 0.25) is 0 Å². The van der Waals surface area contributed by atoms with Gasteiger partial charge < -0.3 is 0 Å². The molecule has 0 saturated carbocycles. The molecule has 72 valence electrons. The van der Waals surface area contributed by atoms with Crippen molar-refractivity contribution >= 4 is 15.9 Å². The highest BCUT2D eigenvalue weighted by Crippen LogP contribution is 2.27. The summed E-state index contributed by atoms with van der Waals surface area (Å²) in [5, 5.41) is 0. The smallest absolute Gasteiger partial charge is 0.0657 e. The van der Waals surface area contributed by atoms with E-state index in [1.165, 1.54) is 0 Å². The van der Waals surface area contributed by atoms with Crippen LogP contribution in [0.15, 0.2) is 12.4 Å². The minimum atomic E-state index is 0.452. The third-order valence-electron chi connectivity index (χ3n) is 2.26. The molecule has 1 rings (SSSR count). The Bertz CT molecular complexity index is 273. The molecule has 0 bridgehead atoms. The van der Waals surface area contributed by atoms with Crippen molar-refractivity contribution < 1.29 is 0 Å². The van der Waals surface area contributed by atoms with Crippen LogP contribution in [0, 0.1) is 6.92 Å². The first kappa shape index (κ1) is 10.6. The summed E-state index contributed by atoms with van der Waals surface area (Å²) in [5.74, 6) is 0.466. The minimum Gasteiger partial charge on any atom is -0.258 e. The van der Waals surface area contributed by atoms with Crippen molar-refractivity contribution in [2.24, 2.45) is 0 Å². The molecule has 0 fully saturated rings. The van der Waals surface area contributed by atoms with Gasteiger partial charge in [0, 0.05) is 23.1 Å². The van der Waals surface area contributed by atoms with Crippen LogP contribution in [0.25, 0.3) is 0 Å². The molecule has 2 unspecified atom stereocenters. The van der Waals surface area contributed by atoms with Crippen molar-refractivity contribution in [2.75, 3.05) is 0 Å². The lowest BCUT2D eigenvalue weighted by molar-refractivity contribution is 0.633. The summed E-state index contributed by atoms with van der Waals surface area (Å²) in [4.78, 5) is 9.08. The number of hydrogen-bond acceptors (Lipinski definition) is 2. The predicted molar refractivity (Wildman–Crippen MR) is 58.2 cm³/mol. The summed E-state index contributed by atoms with van der Waals surface area (Å²) in [6, 6.07) is 0. The molecule has 1 heterocycles. The first-order valence-corrected chi connectivity index (χ1v) is 5.50. The zero-order valence-electron chi connectivity index (χ0n) is 8.29. The Morgan fingerprint density at radius 3 is 2.46 bits per heavy atom. The van der Waals surface area contributed by atoms with Crippen LogP contribution >= 0.6 is 15.9 Å². The standard InChI is InChI=1S/C10H15BrN2/c1-4-9(7(2)11)10-8(3)12-5-6-13-10/h5-7,9H,4H2,1-3H3. The molecule has 0 radical (unpaired) electrons. The van der Waals surface area contributed by atoms with E-state index in [2.05, 4.69) is 39.7 Å². The molecule has 2 atom stereocenters. The van der Waals surface area contributed by atoms with Crippen LogP contribution in [-0.4, -0.2) is 14.8 Å². The van der Waals surface area contributed by atoms with Gasteiger partial charge in [0.15, 0.2) is 0 Å². The molecule has 0 aromatic carbocycles. The van der Waals surface area contributed by atoms with Gasteiger partial charge in [-0.2, -0.15) is 0 Å². The van der Waals surface area contributed by atoms with E-state index in [9.17, 15) is 0 Å². The number of aryl methyl sites for hydroxylation is 1. The lowest BCUT2D eigenvalue weighted by Crippen LogP contribution is -2.12. The Hall–Kier alpha value is -0.440. The van der Waals surface area contributed by atoms with Crippen molar-refractivity contribution in [1.29, 1.82) is 0 Å². The van der Waals surface area contributed by atoms with Crippen LogP contribution in [0.3, 0.4) is 0 Å². The van der Waals surface area contributed by atoms with E-state index in [0.717, 1.165) is 17.8 Å². The lowest BCUT2D eigenvalue weighted by Gasteiger charge is -2.17. The van der Waals surface area contributed by atoms with Gasteiger partial charge >= 0.3 is 0 Å². The fourth-order valence-corrected chi connectivity index (χ4v) is 2.14. The Labute approximate surface area is 87.9 Å². The molecule has 0 amide bonds. The van der Waals surface area contributed by atoms with Crippen LogP contribution < -0.4 is 0 Å². The monoisotopic (exact) mass is 242 g/mol. The first-order valence-electron chi connectivity index (χ1n) is 4.58. The second kappa shape index (κ2) is 4.70. The molecule has 1 aromatic heterocycles. The van der Waals surface area contributed by atoms with Gasteiger partial charge in [-0.15, -0.1) is 0 Å². The van der Waals surface area contributed by atoms with E-state index in [-0.39, 0.29) is 0 Å². The summed E-state index contributed by atoms with van der Waals surface area (Å²) < 4.78 is 0. The molecule has 0 N–H and O–H groups in total. The maximum Gasteiger partial charge on any atom is 0.0657 e. The molecule has 13 heavy (non-hydrogen) atoms. The fraction of sp³-hybridized carbons (Fsp3) is 0.600. The van der Waals surface area contributed by atoms with Crippen LogP contribution in [0.5, 0.6) is 0 Å². The third-order valence-corrected chi connectivity index (χ3v) is 2.90. The van der Waals surface area contributed by atoms with E-state index in [1.807, 2.05) is 6.92 Å². The van der Waals surface area contributed by atoms with Gasteiger partial charge in [0.2, 0.25) is 0 Å². The molecular formula is C10H15BrN2. The van der Waals surface area contributed by atoms with E-state index >= 15 is 0 Å². The molecule has 0 aliphatic rings. The number of rotatable bonds is 3. The van der Waals surface area contributed by atoms with Crippen molar-refractivity contribution in [3.63, 3.8) is 0 Å². The molecule has 1 aromatic rings. The fourth-order valence-electron chi connectivity index (χ4n) is 1.52. The highest BCUT2D eigenvalue weighted by molar-refractivity contribution is 9.09. The summed E-state index contributed by atoms with van der Waals surface area (Å²) in [5.41, 5.74) is 2.16. The zero-order chi connectivity index (χ0) is 9.84. The summed E-state index contributed by atoms with van der Waals surface area (Å²) >= 11 is 3.60. The second-order valence-corrected chi connectivity index (χ2v) is 4.66. The van der Waals surface area contributed by atoms with Crippen molar-refractivity contribution in [3.8, 4) is 0 Å². The van der Waals surface area contributed by atoms with Crippen molar-refractivity contribution in [3.05, 3.63) is 23.8 Å². The van der Waals surface area contributed by atoms with Gasteiger partial charge in [-0.1, -0.05) is 29.8 Å². The maximum atomic E-state index is 4.38. The molecule has 2 nitrogen and oxygen atoms in total. The van der Waals surface area contributed by atoms with E-state index in [1.54, 1.807) is 12.4 Å². The Morgan fingerprint density at radius 2 is 2.00 bits per heavy atom. The number of aromatic nitrogens is 2. The highest BCUT2D eigenvalue weighted by Gasteiger charge is 2.18. The highest BCUT2D eigenvalue weighted by atomic mass is 79.9. The maximum absolute atomic E-state index is 4.38. The number of nitrogens with zero attached hydrogens (tertiary/aromatic N) is 2. The average Bonchev–Trinajstić information content (AvgIpc) is 2.09. The number of alkyl halides is 1. The first-order chi connectivity index (χ1) is 6.16. The van der Waals surface area contributed by atoms with E-state index in [0.29, 0.717) is 10.7 Å². The third kappa shape index (κ3) is 2.50. The van der Waals surface area contributed by atoms with Gasteiger partial charge in [-0.3, -0.25) is 9.97 Å². The van der Waals surface area contributed by atoms with Crippen molar-refractivity contribution in [2.45, 2.75) is 37.9 Å². The molecule has 3 heteroatoms. The molecule has 0 aliphatic heterocycles. The minimum absolute atomic E-state index is 0.452. The van der Waals surface area contributed by atoms with Crippen LogP contribution in [0.1, 0.15) is 37.6 Å². The van der Waals surface area contributed by atoms with E-state index in [4.69, 9.17) is 0 Å². The summed E-state index contributed by atoms with van der Waals surface area (Å²) in [7, 11) is 0. The lowest BCUT2D eigenvalue weighted by atomic mass is 9.97. The Kier molecular flexibility index (Phi) is 3.85.